The van der Waals surface area contributed by atoms with Gasteiger partial charge in [-0.1, -0.05) is 35.5 Å². The van der Waals surface area contributed by atoms with Crippen LogP contribution in [-0.4, -0.2) is 5.16 Å². The average Bonchev–Trinajstić information content (AvgIpc) is 2.93. The summed E-state index contributed by atoms with van der Waals surface area (Å²) in [6.07, 6.45) is 6.76. The Kier molecular flexibility index (Phi) is 2.14. The summed E-state index contributed by atoms with van der Waals surface area (Å²) in [5, 5.41) is 4.23. The van der Waals surface area contributed by atoms with Crippen LogP contribution in [0.1, 0.15) is 36.9 Å². The summed E-state index contributed by atoms with van der Waals surface area (Å²) in [5.41, 5.74) is 2.70. The van der Waals surface area contributed by atoms with Gasteiger partial charge in [-0.25, -0.2) is 0 Å². The SMILES string of the molecule is c1ccc([C]2CCC3CC2(c2ccon2)C3)cc1. The average molecular weight is 238 g/mol. The highest BCUT2D eigenvalue weighted by atomic mass is 16.5. The quantitative estimate of drug-likeness (QED) is 0.796. The molecule has 2 nitrogen and oxygen atoms in total. The van der Waals surface area contributed by atoms with E-state index in [0.29, 0.717) is 0 Å². The van der Waals surface area contributed by atoms with E-state index in [2.05, 4.69) is 35.5 Å². The topological polar surface area (TPSA) is 26.0 Å². The maximum atomic E-state index is 5.08. The number of hydrogen-bond donors (Lipinski definition) is 0. The highest BCUT2D eigenvalue weighted by molar-refractivity contribution is 5.45. The van der Waals surface area contributed by atoms with Crippen LogP contribution in [0, 0.1) is 11.8 Å². The van der Waals surface area contributed by atoms with Crippen LogP contribution in [0.2, 0.25) is 0 Å². The zero-order valence-electron chi connectivity index (χ0n) is 10.3. The van der Waals surface area contributed by atoms with E-state index in [9.17, 15) is 0 Å². The summed E-state index contributed by atoms with van der Waals surface area (Å²) in [7, 11) is 0. The fourth-order valence-electron chi connectivity index (χ4n) is 3.85. The zero-order valence-corrected chi connectivity index (χ0v) is 10.3. The molecule has 91 valence electrons. The van der Waals surface area contributed by atoms with E-state index < -0.39 is 0 Å². The molecule has 1 aromatic heterocycles. The smallest absolute Gasteiger partial charge is 0.124 e. The molecule has 3 fully saturated rings. The molecule has 0 unspecified atom stereocenters. The van der Waals surface area contributed by atoms with E-state index in [1.807, 2.05) is 6.07 Å². The molecule has 0 atom stereocenters. The molecule has 3 aliphatic carbocycles. The van der Waals surface area contributed by atoms with Gasteiger partial charge >= 0.3 is 0 Å². The molecule has 2 heteroatoms. The van der Waals surface area contributed by atoms with Crippen LogP contribution >= 0.6 is 0 Å². The summed E-state index contributed by atoms with van der Waals surface area (Å²) < 4.78 is 5.08. The van der Waals surface area contributed by atoms with E-state index in [4.69, 9.17) is 4.52 Å². The fraction of sp³-hybridized carbons (Fsp3) is 0.375. The molecule has 3 saturated carbocycles. The first kappa shape index (κ1) is 10.4. The molecular formula is C16H16NO. The molecule has 5 rings (SSSR count). The van der Waals surface area contributed by atoms with Crippen LogP contribution in [0.5, 0.6) is 0 Å². The minimum absolute atomic E-state index is 0.178. The van der Waals surface area contributed by atoms with E-state index >= 15 is 0 Å². The van der Waals surface area contributed by atoms with Gasteiger partial charge in [-0.05, 0) is 37.2 Å². The molecule has 1 aromatic carbocycles. The predicted molar refractivity (Wildman–Crippen MR) is 68.9 cm³/mol. The highest BCUT2D eigenvalue weighted by Crippen LogP contribution is 2.62. The summed E-state index contributed by atoms with van der Waals surface area (Å²) in [6, 6.07) is 12.8. The zero-order chi connectivity index (χ0) is 12.0. The fourth-order valence-corrected chi connectivity index (χ4v) is 3.85. The lowest BCUT2D eigenvalue weighted by molar-refractivity contribution is 0.0946. The molecule has 2 aromatic rings. The van der Waals surface area contributed by atoms with Gasteiger partial charge in [0.1, 0.15) is 6.26 Å². The second-order valence-corrected chi connectivity index (χ2v) is 5.62. The Morgan fingerprint density at radius 3 is 2.67 bits per heavy atom. The standard InChI is InChI=1S/C16H16NO/c1-2-4-13(5-3-1)14-7-6-12-10-16(14,11-12)15-8-9-18-17-15/h1-5,8-9,12H,6-7,10-11H2. The first-order chi connectivity index (χ1) is 8.88. The number of aromatic nitrogens is 1. The second kappa shape index (κ2) is 3.71. The second-order valence-electron chi connectivity index (χ2n) is 5.62. The molecule has 1 radical (unpaired) electrons. The van der Waals surface area contributed by atoms with Gasteiger partial charge in [-0.3, -0.25) is 0 Å². The lowest BCUT2D eigenvalue weighted by Crippen LogP contribution is -2.50. The summed E-state index contributed by atoms with van der Waals surface area (Å²) in [6.45, 7) is 0. The lowest BCUT2D eigenvalue weighted by Gasteiger charge is -2.56. The van der Waals surface area contributed by atoms with Crippen molar-refractivity contribution < 1.29 is 4.52 Å². The minimum atomic E-state index is 0.178. The Labute approximate surface area is 107 Å². The number of rotatable bonds is 2. The third-order valence-corrected chi connectivity index (χ3v) is 4.70. The first-order valence-electron chi connectivity index (χ1n) is 6.71. The lowest BCUT2D eigenvalue weighted by atomic mass is 9.47. The van der Waals surface area contributed by atoms with Crippen LogP contribution in [0.25, 0.3) is 0 Å². The van der Waals surface area contributed by atoms with Crippen molar-refractivity contribution in [3.05, 3.63) is 59.8 Å². The molecule has 0 amide bonds. The van der Waals surface area contributed by atoms with E-state index in [0.717, 1.165) is 11.6 Å². The predicted octanol–water partition coefficient (Wildman–Crippen LogP) is 3.74. The largest absolute Gasteiger partial charge is 0.364 e. The Bertz CT molecular complexity index is 525. The van der Waals surface area contributed by atoms with E-state index in [1.54, 1.807) is 12.2 Å². The minimum Gasteiger partial charge on any atom is -0.364 e. The monoisotopic (exact) mass is 238 g/mol. The van der Waals surface area contributed by atoms with Gasteiger partial charge in [0.05, 0.1) is 5.69 Å². The number of hydrogen-bond acceptors (Lipinski definition) is 2. The molecule has 0 saturated heterocycles. The maximum absolute atomic E-state index is 5.08. The number of nitrogens with zero attached hydrogens (tertiary/aromatic N) is 1. The number of fused-ring (bicyclic) bond motifs is 2. The van der Waals surface area contributed by atoms with Crippen molar-refractivity contribution >= 4 is 0 Å². The van der Waals surface area contributed by atoms with Crippen LogP contribution in [0.3, 0.4) is 0 Å². The van der Waals surface area contributed by atoms with Gasteiger partial charge in [-0.2, -0.15) is 0 Å². The van der Waals surface area contributed by atoms with E-state index in [-0.39, 0.29) is 5.41 Å². The van der Waals surface area contributed by atoms with Crippen molar-refractivity contribution in [3.63, 3.8) is 0 Å². The van der Waals surface area contributed by atoms with Crippen molar-refractivity contribution in [3.8, 4) is 0 Å². The van der Waals surface area contributed by atoms with Crippen LogP contribution in [-0.2, 0) is 5.41 Å². The molecule has 3 aliphatic rings. The van der Waals surface area contributed by atoms with Gasteiger partial charge in [0.25, 0.3) is 0 Å². The van der Waals surface area contributed by atoms with Gasteiger partial charge in [0, 0.05) is 17.4 Å². The normalized spacial score (nSPS) is 31.0. The van der Waals surface area contributed by atoms with Crippen molar-refractivity contribution in [1.29, 1.82) is 0 Å². The first-order valence-corrected chi connectivity index (χ1v) is 6.71. The van der Waals surface area contributed by atoms with Crippen molar-refractivity contribution in [2.45, 2.75) is 31.1 Å². The van der Waals surface area contributed by atoms with Crippen molar-refractivity contribution in [1.82, 2.24) is 5.16 Å². The molecule has 18 heavy (non-hydrogen) atoms. The summed E-state index contributed by atoms with van der Waals surface area (Å²) in [5.74, 6) is 2.47. The summed E-state index contributed by atoms with van der Waals surface area (Å²) in [4.78, 5) is 0. The molecule has 0 N–H and O–H groups in total. The Hall–Kier alpha value is -1.57. The molecular weight excluding hydrogens is 222 g/mol. The Morgan fingerprint density at radius 2 is 1.94 bits per heavy atom. The molecule has 0 aliphatic heterocycles. The van der Waals surface area contributed by atoms with Crippen molar-refractivity contribution in [2.24, 2.45) is 5.92 Å². The van der Waals surface area contributed by atoms with Crippen LogP contribution in [0.4, 0.5) is 0 Å². The third-order valence-electron chi connectivity index (χ3n) is 4.70. The maximum Gasteiger partial charge on any atom is 0.124 e. The Balaban J connectivity index is 1.77. The van der Waals surface area contributed by atoms with Crippen molar-refractivity contribution in [2.75, 3.05) is 0 Å². The molecule has 1 heterocycles. The van der Waals surface area contributed by atoms with Gasteiger partial charge in [0.2, 0.25) is 0 Å². The van der Waals surface area contributed by atoms with Gasteiger partial charge in [-0.15, -0.1) is 0 Å². The van der Waals surface area contributed by atoms with E-state index in [1.165, 1.54) is 31.2 Å². The molecule has 0 spiro atoms. The third kappa shape index (κ3) is 1.32. The van der Waals surface area contributed by atoms with Crippen LogP contribution < -0.4 is 0 Å². The van der Waals surface area contributed by atoms with Crippen LogP contribution in [0.15, 0.2) is 47.2 Å². The highest BCUT2D eigenvalue weighted by Gasteiger charge is 2.56. The van der Waals surface area contributed by atoms with Gasteiger partial charge in [0.15, 0.2) is 0 Å². The number of benzene rings is 1. The van der Waals surface area contributed by atoms with Gasteiger partial charge < -0.3 is 4.52 Å². The Morgan fingerprint density at radius 1 is 1.11 bits per heavy atom. The molecule has 2 bridgehead atoms. The summed E-state index contributed by atoms with van der Waals surface area (Å²) >= 11 is 0.